The highest BCUT2D eigenvalue weighted by atomic mass is 35.5. The van der Waals surface area contributed by atoms with Crippen molar-refractivity contribution in [3.8, 4) is 11.6 Å². The Labute approximate surface area is 169 Å². The number of H-pyrrole nitrogens is 1. The molecule has 5 rings (SSSR count). The molecule has 10 heteroatoms. The van der Waals surface area contributed by atoms with Crippen molar-refractivity contribution in [2.24, 2.45) is 5.92 Å². The molecule has 0 unspecified atom stereocenters. The zero-order valence-electron chi connectivity index (χ0n) is 15.4. The molecule has 3 heterocycles. The van der Waals surface area contributed by atoms with Gasteiger partial charge in [-0.2, -0.15) is 19.9 Å². The number of aryl methyl sites for hydroxylation is 1. The van der Waals surface area contributed by atoms with Gasteiger partial charge < -0.3 is 5.32 Å². The summed E-state index contributed by atoms with van der Waals surface area (Å²) < 4.78 is 2.98. The Bertz CT molecular complexity index is 1300. The number of anilines is 1. The van der Waals surface area contributed by atoms with Gasteiger partial charge in [0.2, 0.25) is 11.9 Å². The third-order valence-electron chi connectivity index (χ3n) is 4.73. The predicted octanol–water partition coefficient (Wildman–Crippen LogP) is 2.60. The predicted molar refractivity (Wildman–Crippen MR) is 108 cm³/mol. The molecular weight excluding hydrogens is 394 g/mol. The van der Waals surface area contributed by atoms with Gasteiger partial charge in [-0.05, 0) is 44.0 Å². The Morgan fingerprint density at radius 2 is 2.00 bits per heavy atom. The third-order valence-corrected chi connectivity index (χ3v) is 4.98. The van der Waals surface area contributed by atoms with Crippen molar-refractivity contribution in [2.75, 3.05) is 5.32 Å². The smallest absolute Gasteiger partial charge is 0.263 e. The Balaban J connectivity index is 1.63. The minimum atomic E-state index is -0.349. The van der Waals surface area contributed by atoms with E-state index in [-0.39, 0.29) is 23.3 Å². The average molecular weight is 410 g/mol. The first-order valence-electron chi connectivity index (χ1n) is 9.11. The lowest BCUT2D eigenvalue weighted by Crippen LogP contribution is -2.19. The van der Waals surface area contributed by atoms with Gasteiger partial charge in [-0.1, -0.05) is 11.6 Å². The summed E-state index contributed by atoms with van der Waals surface area (Å²) in [5.74, 6) is 0.636. The lowest BCUT2D eigenvalue weighted by molar-refractivity contribution is -0.117. The maximum absolute atomic E-state index is 12.6. The van der Waals surface area contributed by atoms with Crippen LogP contribution in [0.25, 0.3) is 22.7 Å². The highest BCUT2D eigenvalue weighted by Gasteiger charge is 2.30. The number of hydrogen-bond donors (Lipinski definition) is 2. The molecule has 1 aliphatic rings. The van der Waals surface area contributed by atoms with Gasteiger partial charge in [0.1, 0.15) is 11.2 Å². The number of halogens is 1. The third kappa shape index (κ3) is 3.19. The number of nitrogens with one attached hydrogen (secondary N) is 2. The molecule has 0 bridgehead atoms. The first-order valence-corrected chi connectivity index (χ1v) is 9.49. The molecule has 29 heavy (non-hydrogen) atoms. The van der Waals surface area contributed by atoms with E-state index in [0.29, 0.717) is 33.3 Å². The second-order valence-corrected chi connectivity index (χ2v) is 7.44. The Morgan fingerprint density at radius 1 is 1.24 bits per heavy atom. The van der Waals surface area contributed by atoms with Gasteiger partial charge in [-0.25, -0.2) is 4.68 Å². The lowest BCUT2D eigenvalue weighted by Gasteiger charge is -2.08. The van der Waals surface area contributed by atoms with Crippen LogP contribution < -0.4 is 10.9 Å². The fourth-order valence-electron chi connectivity index (χ4n) is 3.10. The second-order valence-electron chi connectivity index (χ2n) is 7.01. The van der Waals surface area contributed by atoms with Gasteiger partial charge in [0, 0.05) is 17.0 Å². The highest BCUT2D eigenvalue weighted by molar-refractivity contribution is 6.30. The van der Waals surface area contributed by atoms with E-state index in [4.69, 9.17) is 11.6 Å². The number of carbonyl (C=O) groups excluding carboxylic acids is 1. The molecule has 3 aromatic heterocycles. The van der Waals surface area contributed by atoms with Gasteiger partial charge >= 0.3 is 0 Å². The molecule has 1 amide bonds. The normalized spacial score (nSPS) is 13.7. The van der Waals surface area contributed by atoms with Crippen molar-refractivity contribution < 1.29 is 4.79 Å². The fraction of sp³-hybridized carbons (Fsp3) is 0.211. The summed E-state index contributed by atoms with van der Waals surface area (Å²) in [6.45, 7) is 1.80. The van der Waals surface area contributed by atoms with Crippen molar-refractivity contribution in [1.29, 1.82) is 0 Å². The summed E-state index contributed by atoms with van der Waals surface area (Å²) in [4.78, 5) is 32.1. The van der Waals surface area contributed by atoms with E-state index in [9.17, 15) is 9.59 Å². The summed E-state index contributed by atoms with van der Waals surface area (Å²) in [7, 11) is 0. The maximum atomic E-state index is 12.6. The Morgan fingerprint density at radius 3 is 2.72 bits per heavy atom. The monoisotopic (exact) mass is 409 g/mol. The summed E-state index contributed by atoms with van der Waals surface area (Å²) in [6.07, 6.45) is 3.24. The topological polar surface area (TPSA) is 110 Å². The molecule has 0 radical (unpaired) electrons. The summed E-state index contributed by atoms with van der Waals surface area (Å²) in [5, 5.41) is 12.5. The Kier molecular flexibility index (Phi) is 3.99. The van der Waals surface area contributed by atoms with Crippen LogP contribution in [0.4, 0.5) is 5.82 Å². The van der Waals surface area contributed by atoms with Crippen molar-refractivity contribution in [3.05, 3.63) is 57.6 Å². The zero-order valence-corrected chi connectivity index (χ0v) is 16.1. The number of aromatic nitrogens is 6. The molecule has 9 nitrogen and oxygen atoms in total. The zero-order chi connectivity index (χ0) is 20.1. The van der Waals surface area contributed by atoms with Crippen LogP contribution in [0.5, 0.6) is 0 Å². The van der Waals surface area contributed by atoms with Crippen LogP contribution in [-0.4, -0.2) is 35.4 Å². The van der Waals surface area contributed by atoms with Crippen LogP contribution in [0.15, 0.2) is 41.3 Å². The van der Waals surface area contributed by atoms with Crippen LogP contribution in [0, 0.1) is 12.8 Å². The van der Waals surface area contributed by atoms with E-state index in [1.54, 1.807) is 41.9 Å². The molecule has 2 N–H and O–H groups in total. The van der Waals surface area contributed by atoms with Gasteiger partial charge in [0.05, 0.1) is 17.6 Å². The molecule has 1 saturated carbocycles. The van der Waals surface area contributed by atoms with Crippen LogP contribution in [0.2, 0.25) is 5.02 Å². The van der Waals surface area contributed by atoms with Crippen LogP contribution in [-0.2, 0) is 4.79 Å². The van der Waals surface area contributed by atoms with E-state index >= 15 is 0 Å². The number of carbonyl (C=O) groups is 1. The van der Waals surface area contributed by atoms with E-state index in [2.05, 4.69) is 25.5 Å². The molecule has 1 aliphatic carbocycles. The van der Waals surface area contributed by atoms with Gasteiger partial charge in [-0.3, -0.25) is 14.6 Å². The summed E-state index contributed by atoms with van der Waals surface area (Å²) in [6, 6.07) is 8.79. The number of amides is 1. The quantitative estimate of drug-likeness (QED) is 0.538. The highest BCUT2D eigenvalue weighted by Crippen LogP contribution is 2.30. The number of hydrogen-bond acceptors (Lipinski definition) is 5. The first-order chi connectivity index (χ1) is 14.0. The van der Waals surface area contributed by atoms with E-state index in [1.807, 2.05) is 0 Å². The van der Waals surface area contributed by atoms with E-state index < -0.39 is 0 Å². The average Bonchev–Trinajstić information content (AvgIpc) is 3.36. The summed E-state index contributed by atoms with van der Waals surface area (Å²) in [5.41, 5.74) is 1.42. The largest absolute Gasteiger partial charge is 0.310 e. The minimum Gasteiger partial charge on any atom is -0.310 e. The molecule has 0 spiro atoms. The van der Waals surface area contributed by atoms with Gasteiger partial charge in [0.15, 0.2) is 5.65 Å². The van der Waals surface area contributed by atoms with Crippen LogP contribution >= 0.6 is 11.6 Å². The standard InChI is InChI=1S/C19H16ClN7O2/c1-10-8-15(22-17(28)11-2-3-11)27(25-10)19-23-16-14(18(29)24-19)9-21-26(16)13-6-4-12(20)5-7-13/h4-9,11H,2-3H2,1H3,(H,22,28)(H,23,24,29). The molecule has 0 atom stereocenters. The molecule has 0 saturated heterocycles. The molecule has 0 aliphatic heterocycles. The minimum absolute atomic E-state index is 0.0412. The van der Waals surface area contributed by atoms with Gasteiger partial charge in [-0.15, -0.1) is 0 Å². The van der Waals surface area contributed by atoms with Crippen molar-refractivity contribution in [3.63, 3.8) is 0 Å². The van der Waals surface area contributed by atoms with Crippen molar-refractivity contribution in [1.82, 2.24) is 29.5 Å². The molecule has 1 fully saturated rings. The molecule has 1 aromatic carbocycles. The first kappa shape index (κ1) is 17.6. The van der Waals surface area contributed by atoms with Crippen molar-refractivity contribution >= 4 is 34.4 Å². The molecular formula is C19H16ClN7O2. The van der Waals surface area contributed by atoms with Crippen LogP contribution in [0.1, 0.15) is 18.5 Å². The number of aromatic amines is 1. The number of benzene rings is 1. The molecule has 146 valence electrons. The maximum Gasteiger partial charge on any atom is 0.263 e. The van der Waals surface area contributed by atoms with E-state index in [0.717, 1.165) is 12.8 Å². The Hall–Kier alpha value is -3.46. The lowest BCUT2D eigenvalue weighted by atomic mass is 10.3. The number of nitrogens with zero attached hydrogens (tertiary/aromatic N) is 5. The SMILES string of the molecule is Cc1cc(NC(=O)C2CC2)n(-c2nc3c(cnn3-c3ccc(Cl)cc3)c(=O)[nH]2)n1. The van der Waals surface area contributed by atoms with Crippen LogP contribution in [0.3, 0.4) is 0 Å². The number of rotatable bonds is 4. The van der Waals surface area contributed by atoms with Gasteiger partial charge in [0.25, 0.3) is 5.56 Å². The van der Waals surface area contributed by atoms with Crippen molar-refractivity contribution in [2.45, 2.75) is 19.8 Å². The second kappa shape index (κ2) is 6.56. The molecule has 4 aromatic rings. The number of fused-ring (bicyclic) bond motifs is 1. The fourth-order valence-corrected chi connectivity index (χ4v) is 3.23. The summed E-state index contributed by atoms with van der Waals surface area (Å²) >= 11 is 5.96. The van der Waals surface area contributed by atoms with E-state index in [1.165, 1.54) is 10.9 Å².